The minimum absolute atomic E-state index is 0.0570. The highest BCUT2D eigenvalue weighted by atomic mass is 127. The van der Waals surface area contributed by atoms with Gasteiger partial charge in [-0.2, -0.15) is 5.10 Å². The molecule has 112 valence electrons. The largest absolute Gasteiger partial charge is 0.357 e. The fraction of sp³-hybridized carbons (Fsp3) is 0.500. The van der Waals surface area contributed by atoms with Gasteiger partial charge in [-0.05, 0) is 33.1 Å². The van der Waals surface area contributed by atoms with Gasteiger partial charge in [0.1, 0.15) is 5.82 Å². The van der Waals surface area contributed by atoms with E-state index in [0.29, 0.717) is 0 Å². The van der Waals surface area contributed by atoms with Crippen molar-refractivity contribution >= 4 is 34.2 Å². The van der Waals surface area contributed by atoms with Crippen molar-refractivity contribution in [3.8, 4) is 0 Å². The van der Waals surface area contributed by atoms with Gasteiger partial charge in [-0.25, -0.2) is 14.6 Å². The summed E-state index contributed by atoms with van der Waals surface area (Å²) in [4.78, 5) is 8.63. The van der Waals surface area contributed by atoms with Gasteiger partial charge in [0.15, 0.2) is 15.9 Å². The minimum Gasteiger partial charge on any atom is -0.357 e. The Bertz CT molecular complexity index is 616. The van der Waals surface area contributed by atoms with Gasteiger partial charge < -0.3 is 10.1 Å². The maximum atomic E-state index is 5.79. The van der Waals surface area contributed by atoms with Gasteiger partial charge in [0, 0.05) is 52.7 Å². The van der Waals surface area contributed by atoms with Gasteiger partial charge in [0.05, 0.1) is 0 Å². The standard InChI is InChI=1S/C14H18IN5O/c1-9-7-11(18-14(15)16-9)17-12-8-10(2)20(19-12)13-5-3-4-6-21-13/h7-8,13H,3-6H2,1-2H3,(H,16,17,18,19). The molecule has 1 unspecified atom stereocenters. The Balaban J connectivity index is 1.80. The van der Waals surface area contributed by atoms with Crippen LogP contribution in [0.5, 0.6) is 0 Å². The molecule has 0 saturated carbocycles. The van der Waals surface area contributed by atoms with Crippen LogP contribution in [0.15, 0.2) is 12.1 Å². The van der Waals surface area contributed by atoms with E-state index in [1.54, 1.807) is 0 Å². The highest BCUT2D eigenvalue weighted by molar-refractivity contribution is 14.1. The summed E-state index contributed by atoms with van der Waals surface area (Å²) in [6.07, 6.45) is 3.41. The van der Waals surface area contributed by atoms with Crippen molar-refractivity contribution in [1.29, 1.82) is 0 Å². The van der Waals surface area contributed by atoms with Crippen molar-refractivity contribution in [2.75, 3.05) is 11.9 Å². The van der Waals surface area contributed by atoms with Crippen molar-refractivity contribution in [3.63, 3.8) is 0 Å². The number of hydrogen-bond acceptors (Lipinski definition) is 5. The van der Waals surface area contributed by atoms with Crippen LogP contribution >= 0.6 is 22.6 Å². The summed E-state index contributed by atoms with van der Waals surface area (Å²) in [5.74, 6) is 1.55. The third-order valence-corrected chi connectivity index (χ3v) is 3.92. The molecule has 0 radical (unpaired) electrons. The van der Waals surface area contributed by atoms with Crippen LogP contribution in [0.3, 0.4) is 0 Å². The second-order valence-corrected chi connectivity index (χ2v) is 6.19. The van der Waals surface area contributed by atoms with Crippen LogP contribution in [-0.4, -0.2) is 26.4 Å². The number of rotatable bonds is 3. The van der Waals surface area contributed by atoms with Crippen LogP contribution in [0.2, 0.25) is 0 Å². The Kier molecular flexibility index (Phi) is 4.39. The molecule has 1 aliphatic rings. The molecule has 1 atom stereocenters. The Morgan fingerprint density at radius 1 is 1.24 bits per heavy atom. The first kappa shape index (κ1) is 14.7. The molecule has 1 fully saturated rings. The van der Waals surface area contributed by atoms with Gasteiger partial charge in [0.2, 0.25) is 0 Å². The molecule has 2 aromatic heterocycles. The second kappa shape index (κ2) is 6.27. The molecule has 6 nitrogen and oxygen atoms in total. The normalized spacial score (nSPS) is 18.7. The molecule has 0 spiro atoms. The van der Waals surface area contributed by atoms with Crippen LogP contribution in [0.25, 0.3) is 0 Å². The SMILES string of the molecule is Cc1cc(Nc2cc(C)n(C3CCCCO3)n2)nc(I)n1. The second-order valence-electron chi connectivity index (χ2n) is 5.23. The van der Waals surface area contributed by atoms with E-state index in [0.717, 1.165) is 46.3 Å². The first-order valence-corrected chi connectivity index (χ1v) is 8.15. The number of hydrogen-bond donors (Lipinski definition) is 1. The fourth-order valence-corrected chi connectivity index (χ4v) is 3.12. The molecule has 2 aromatic rings. The first-order chi connectivity index (χ1) is 10.1. The quantitative estimate of drug-likeness (QED) is 0.634. The molecule has 1 saturated heterocycles. The monoisotopic (exact) mass is 399 g/mol. The number of halogens is 1. The number of ether oxygens (including phenoxy) is 1. The molecule has 21 heavy (non-hydrogen) atoms. The third-order valence-electron chi connectivity index (χ3n) is 3.43. The zero-order valence-electron chi connectivity index (χ0n) is 12.1. The predicted molar refractivity (Wildman–Crippen MR) is 88.6 cm³/mol. The Morgan fingerprint density at radius 2 is 2.10 bits per heavy atom. The van der Waals surface area contributed by atoms with Crippen LogP contribution in [-0.2, 0) is 4.74 Å². The average molecular weight is 399 g/mol. The fourth-order valence-electron chi connectivity index (χ4n) is 2.48. The number of anilines is 2. The summed E-state index contributed by atoms with van der Waals surface area (Å²) in [7, 11) is 0. The van der Waals surface area contributed by atoms with E-state index >= 15 is 0 Å². The maximum Gasteiger partial charge on any atom is 0.192 e. The zero-order valence-corrected chi connectivity index (χ0v) is 14.3. The van der Waals surface area contributed by atoms with E-state index in [1.165, 1.54) is 6.42 Å². The summed E-state index contributed by atoms with van der Waals surface area (Å²) in [5, 5.41) is 7.85. The van der Waals surface area contributed by atoms with Crippen molar-refractivity contribution in [2.24, 2.45) is 0 Å². The van der Waals surface area contributed by atoms with Gasteiger partial charge >= 0.3 is 0 Å². The molecule has 0 amide bonds. The van der Waals surface area contributed by atoms with E-state index in [2.05, 4.69) is 43.0 Å². The Hall–Kier alpha value is -1.22. The van der Waals surface area contributed by atoms with Crippen LogP contribution in [0, 0.1) is 17.7 Å². The lowest BCUT2D eigenvalue weighted by Crippen LogP contribution is -2.20. The van der Waals surface area contributed by atoms with Gasteiger partial charge in [0.25, 0.3) is 0 Å². The molecule has 1 N–H and O–H groups in total. The maximum absolute atomic E-state index is 5.79. The lowest BCUT2D eigenvalue weighted by atomic mass is 10.2. The van der Waals surface area contributed by atoms with Crippen molar-refractivity contribution < 1.29 is 4.74 Å². The van der Waals surface area contributed by atoms with Gasteiger partial charge in [-0.3, -0.25) is 0 Å². The van der Waals surface area contributed by atoms with E-state index < -0.39 is 0 Å². The lowest BCUT2D eigenvalue weighted by molar-refractivity contribution is -0.0404. The number of aromatic nitrogens is 4. The molecular formula is C14H18IN5O. The van der Waals surface area contributed by atoms with E-state index in [1.807, 2.05) is 30.7 Å². The molecule has 7 heteroatoms. The Morgan fingerprint density at radius 3 is 2.81 bits per heavy atom. The summed E-state index contributed by atoms with van der Waals surface area (Å²) < 4.78 is 8.48. The van der Waals surface area contributed by atoms with Crippen molar-refractivity contribution in [3.05, 3.63) is 27.4 Å². The summed E-state index contributed by atoms with van der Waals surface area (Å²) in [5.41, 5.74) is 2.02. The zero-order chi connectivity index (χ0) is 14.8. The molecular weight excluding hydrogens is 381 g/mol. The summed E-state index contributed by atoms with van der Waals surface area (Å²) in [6.45, 7) is 4.82. The average Bonchev–Trinajstić information content (AvgIpc) is 2.79. The highest BCUT2D eigenvalue weighted by Crippen LogP contribution is 2.25. The third kappa shape index (κ3) is 3.52. The lowest BCUT2D eigenvalue weighted by Gasteiger charge is -2.23. The topological polar surface area (TPSA) is 64.9 Å². The molecule has 0 aromatic carbocycles. The van der Waals surface area contributed by atoms with E-state index in [-0.39, 0.29) is 6.23 Å². The molecule has 1 aliphatic heterocycles. The Labute approximate surface area is 137 Å². The van der Waals surface area contributed by atoms with Crippen LogP contribution < -0.4 is 5.32 Å². The smallest absolute Gasteiger partial charge is 0.192 e. The van der Waals surface area contributed by atoms with Crippen molar-refractivity contribution in [2.45, 2.75) is 39.3 Å². The first-order valence-electron chi connectivity index (χ1n) is 7.08. The van der Waals surface area contributed by atoms with Gasteiger partial charge in [-0.1, -0.05) is 0 Å². The summed E-state index contributed by atoms with van der Waals surface area (Å²) >= 11 is 2.11. The van der Waals surface area contributed by atoms with E-state index in [4.69, 9.17) is 4.74 Å². The molecule has 0 bridgehead atoms. The number of nitrogens with one attached hydrogen (secondary N) is 1. The van der Waals surface area contributed by atoms with Crippen LogP contribution in [0.4, 0.5) is 11.6 Å². The summed E-state index contributed by atoms with van der Waals surface area (Å²) in [6, 6.07) is 3.93. The van der Waals surface area contributed by atoms with Gasteiger partial charge in [-0.15, -0.1) is 0 Å². The van der Waals surface area contributed by atoms with Crippen LogP contribution in [0.1, 0.15) is 36.9 Å². The van der Waals surface area contributed by atoms with Crippen molar-refractivity contribution in [1.82, 2.24) is 19.7 Å². The highest BCUT2D eigenvalue weighted by Gasteiger charge is 2.19. The van der Waals surface area contributed by atoms with E-state index in [9.17, 15) is 0 Å². The molecule has 0 aliphatic carbocycles. The minimum atomic E-state index is 0.0570. The molecule has 3 heterocycles. The predicted octanol–water partition coefficient (Wildman–Crippen LogP) is 3.34. The number of aryl methyl sites for hydroxylation is 2. The molecule has 3 rings (SSSR count). The number of nitrogens with zero attached hydrogens (tertiary/aromatic N) is 4.